The Morgan fingerprint density at radius 3 is 2.44 bits per heavy atom. The molecule has 1 aliphatic rings. The molecule has 0 spiro atoms. The third kappa shape index (κ3) is 3.12. The van der Waals surface area contributed by atoms with Crippen LogP contribution in [0.25, 0.3) is 0 Å². The molecule has 18 heavy (non-hydrogen) atoms. The van der Waals surface area contributed by atoms with Crippen LogP contribution in [-0.2, 0) is 4.74 Å². The van der Waals surface area contributed by atoms with Gasteiger partial charge in [-0.2, -0.15) is 0 Å². The Morgan fingerprint density at radius 1 is 1.22 bits per heavy atom. The van der Waals surface area contributed by atoms with Gasteiger partial charge in [0.05, 0.1) is 12.1 Å². The molecule has 0 amide bonds. The molecule has 1 aromatic rings. The summed E-state index contributed by atoms with van der Waals surface area (Å²) in [6.45, 7) is 5.35. The van der Waals surface area contributed by atoms with E-state index in [-0.39, 0.29) is 12.1 Å². The Morgan fingerprint density at radius 2 is 1.89 bits per heavy atom. The zero-order valence-corrected chi connectivity index (χ0v) is 11.6. The van der Waals surface area contributed by atoms with Crippen LogP contribution in [0.3, 0.4) is 0 Å². The highest BCUT2D eigenvalue weighted by molar-refractivity contribution is 5.27. The second-order valence-corrected chi connectivity index (χ2v) is 5.41. The van der Waals surface area contributed by atoms with Gasteiger partial charge in [-0.15, -0.1) is 0 Å². The van der Waals surface area contributed by atoms with Gasteiger partial charge in [0.2, 0.25) is 0 Å². The van der Waals surface area contributed by atoms with E-state index in [9.17, 15) is 0 Å². The van der Waals surface area contributed by atoms with Crippen molar-refractivity contribution in [1.82, 2.24) is 0 Å². The van der Waals surface area contributed by atoms with Gasteiger partial charge in [0.1, 0.15) is 0 Å². The normalized spacial score (nSPS) is 23.6. The van der Waals surface area contributed by atoms with E-state index in [2.05, 4.69) is 38.1 Å². The molecule has 0 bridgehead atoms. The van der Waals surface area contributed by atoms with Crippen molar-refractivity contribution in [2.75, 3.05) is 6.61 Å². The zero-order chi connectivity index (χ0) is 13.0. The molecule has 2 rings (SSSR count). The van der Waals surface area contributed by atoms with Crippen LogP contribution in [0, 0.1) is 0 Å². The number of hydrogen-bond donors (Lipinski definition) is 1. The van der Waals surface area contributed by atoms with Crippen LogP contribution in [-0.4, -0.2) is 12.7 Å². The van der Waals surface area contributed by atoms with Gasteiger partial charge >= 0.3 is 0 Å². The van der Waals surface area contributed by atoms with Gasteiger partial charge in [-0.25, -0.2) is 0 Å². The van der Waals surface area contributed by atoms with E-state index in [1.54, 1.807) is 0 Å². The number of hydrogen-bond acceptors (Lipinski definition) is 2. The summed E-state index contributed by atoms with van der Waals surface area (Å²) in [5.41, 5.74) is 8.91. The van der Waals surface area contributed by atoms with Crippen LogP contribution in [0.1, 0.15) is 62.6 Å². The van der Waals surface area contributed by atoms with E-state index in [0.717, 1.165) is 13.0 Å². The Kier molecular flexibility index (Phi) is 4.79. The summed E-state index contributed by atoms with van der Waals surface area (Å²) in [6.07, 6.45) is 4.89. The molecule has 3 unspecified atom stereocenters. The molecule has 3 atom stereocenters. The summed E-state index contributed by atoms with van der Waals surface area (Å²) >= 11 is 0. The lowest BCUT2D eigenvalue weighted by atomic mass is 9.93. The van der Waals surface area contributed by atoms with E-state index in [0.29, 0.717) is 5.92 Å². The van der Waals surface area contributed by atoms with Gasteiger partial charge in [-0.05, 0) is 42.7 Å². The molecule has 100 valence electrons. The Bertz CT molecular complexity index is 354. The molecular weight excluding hydrogens is 222 g/mol. The average molecular weight is 247 g/mol. The highest BCUT2D eigenvalue weighted by Crippen LogP contribution is 2.26. The van der Waals surface area contributed by atoms with Crippen molar-refractivity contribution < 1.29 is 4.74 Å². The van der Waals surface area contributed by atoms with E-state index >= 15 is 0 Å². The van der Waals surface area contributed by atoms with E-state index in [1.165, 1.54) is 30.4 Å². The molecule has 1 fully saturated rings. The van der Waals surface area contributed by atoms with Crippen molar-refractivity contribution in [1.29, 1.82) is 0 Å². The van der Waals surface area contributed by atoms with Crippen molar-refractivity contribution in [3.63, 3.8) is 0 Å². The van der Waals surface area contributed by atoms with Crippen molar-refractivity contribution in [3.05, 3.63) is 35.4 Å². The maximum Gasteiger partial charge on any atom is 0.0767 e. The van der Waals surface area contributed by atoms with E-state index < -0.39 is 0 Å². The van der Waals surface area contributed by atoms with Gasteiger partial charge in [0.25, 0.3) is 0 Å². The predicted octanol–water partition coefficient (Wildman–Crippen LogP) is 3.77. The molecule has 0 aromatic heterocycles. The molecule has 0 saturated carbocycles. The predicted molar refractivity (Wildman–Crippen MR) is 75.7 cm³/mol. The first-order valence-corrected chi connectivity index (χ1v) is 7.19. The highest BCUT2D eigenvalue weighted by Gasteiger charge is 2.22. The van der Waals surface area contributed by atoms with E-state index in [4.69, 9.17) is 10.5 Å². The maximum atomic E-state index is 6.30. The standard InChI is InChI=1S/C16H25NO/c1-3-12(2)13-7-9-14(10-8-13)16(17)15-6-4-5-11-18-15/h7-10,12,15-16H,3-6,11,17H2,1-2H3. The fourth-order valence-electron chi connectivity index (χ4n) is 2.55. The lowest BCUT2D eigenvalue weighted by Gasteiger charge is -2.28. The summed E-state index contributed by atoms with van der Waals surface area (Å²) in [7, 11) is 0. The molecule has 0 radical (unpaired) electrons. The maximum absolute atomic E-state index is 6.30. The fourth-order valence-corrected chi connectivity index (χ4v) is 2.55. The first kappa shape index (κ1) is 13.6. The van der Waals surface area contributed by atoms with E-state index in [1.807, 2.05) is 0 Å². The van der Waals surface area contributed by atoms with Crippen LogP contribution < -0.4 is 5.73 Å². The summed E-state index contributed by atoms with van der Waals surface area (Å²) < 4.78 is 5.77. The molecule has 1 heterocycles. The van der Waals surface area contributed by atoms with Crippen LogP contribution in [0.4, 0.5) is 0 Å². The largest absolute Gasteiger partial charge is 0.376 e. The Labute approximate surface area is 111 Å². The smallest absolute Gasteiger partial charge is 0.0767 e. The second-order valence-electron chi connectivity index (χ2n) is 5.41. The first-order chi connectivity index (χ1) is 8.72. The SMILES string of the molecule is CCC(C)c1ccc(C(N)C2CCCCO2)cc1. The minimum Gasteiger partial charge on any atom is -0.376 e. The average Bonchev–Trinajstić information content (AvgIpc) is 2.47. The minimum atomic E-state index is 0.0243. The quantitative estimate of drug-likeness (QED) is 0.879. The summed E-state index contributed by atoms with van der Waals surface area (Å²) in [6, 6.07) is 8.79. The topological polar surface area (TPSA) is 35.2 Å². The number of nitrogens with two attached hydrogens (primary N) is 1. The van der Waals surface area contributed by atoms with Gasteiger partial charge < -0.3 is 10.5 Å². The van der Waals surface area contributed by atoms with Gasteiger partial charge in [0, 0.05) is 6.61 Å². The molecular formula is C16H25NO. The highest BCUT2D eigenvalue weighted by atomic mass is 16.5. The van der Waals surface area contributed by atoms with Crippen LogP contribution in [0.5, 0.6) is 0 Å². The Hall–Kier alpha value is -0.860. The third-order valence-corrected chi connectivity index (χ3v) is 4.12. The lowest BCUT2D eigenvalue weighted by molar-refractivity contribution is 0.0000102. The molecule has 0 aliphatic carbocycles. The molecule has 2 nitrogen and oxygen atoms in total. The third-order valence-electron chi connectivity index (χ3n) is 4.12. The molecule has 2 N–H and O–H groups in total. The number of benzene rings is 1. The van der Waals surface area contributed by atoms with Gasteiger partial charge in [-0.3, -0.25) is 0 Å². The lowest BCUT2D eigenvalue weighted by Crippen LogP contribution is -2.31. The second kappa shape index (κ2) is 6.35. The molecule has 2 heteroatoms. The number of ether oxygens (including phenoxy) is 1. The van der Waals surface area contributed by atoms with Crippen molar-refractivity contribution in [3.8, 4) is 0 Å². The zero-order valence-electron chi connectivity index (χ0n) is 11.6. The van der Waals surface area contributed by atoms with Crippen molar-refractivity contribution in [2.45, 2.75) is 57.6 Å². The van der Waals surface area contributed by atoms with Crippen LogP contribution in [0.15, 0.2) is 24.3 Å². The molecule has 1 aromatic carbocycles. The summed E-state index contributed by atoms with van der Waals surface area (Å²) in [4.78, 5) is 0. The monoisotopic (exact) mass is 247 g/mol. The van der Waals surface area contributed by atoms with Crippen molar-refractivity contribution in [2.24, 2.45) is 5.73 Å². The van der Waals surface area contributed by atoms with Crippen LogP contribution in [0.2, 0.25) is 0 Å². The summed E-state index contributed by atoms with van der Waals surface area (Å²) in [5.74, 6) is 0.626. The fraction of sp³-hybridized carbons (Fsp3) is 0.625. The first-order valence-electron chi connectivity index (χ1n) is 7.19. The summed E-state index contributed by atoms with van der Waals surface area (Å²) in [5, 5.41) is 0. The van der Waals surface area contributed by atoms with Gasteiger partial charge in [0.15, 0.2) is 0 Å². The molecule has 1 saturated heterocycles. The molecule has 1 aliphatic heterocycles. The number of rotatable bonds is 4. The van der Waals surface area contributed by atoms with Crippen molar-refractivity contribution >= 4 is 0 Å². The van der Waals surface area contributed by atoms with Crippen LogP contribution >= 0.6 is 0 Å². The van der Waals surface area contributed by atoms with Gasteiger partial charge in [-0.1, -0.05) is 38.1 Å². The minimum absolute atomic E-state index is 0.0243. The Balaban J connectivity index is 2.03.